The van der Waals surface area contributed by atoms with E-state index in [4.69, 9.17) is 14.4 Å². The van der Waals surface area contributed by atoms with Gasteiger partial charge in [0.05, 0.1) is 11.4 Å². The molecule has 0 fully saturated rings. The lowest BCUT2D eigenvalue weighted by molar-refractivity contribution is 0.669. The van der Waals surface area contributed by atoms with Gasteiger partial charge in [-0.3, -0.25) is 0 Å². The summed E-state index contributed by atoms with van der Waals surface area (Å²) >= 11 is 0. The first-order chi connectivity index (χ1) is 21.3. The van der Waals surface area contributed by atoms with Gasteiger partial charge in [-0.15, -0.1) is 0 Å². The normalized spacial score (nSPS) is 11.3. The van der Waals surface area contributed by atoms with Gasteiger partial charge in [0.1, 0.15) is 11.2 Å². The van der Waals surface area contributed by atoms with Gasteiger partial charge in [0.2, 0.25) is 0 Å². The molecule has 0 spiro atoms. The second-order valence-electron chi connectivity index (χ2n) is 10.6. The van der Waals surface area contributed by atoms with E-state index >= 15 is 0 Å². The largest absolute Gasteiger partial charge is 0.456 e. The number of furan rings is 1. The number of aromatic nitrogens is 2. The Morgan fingerprint density at radius 1 is 0.395 bits per heavy atom. The van der Waals surface area contributed by atoms with E-state index in [0.29, 0.717) is 5.82 Å². The standard InChI is InChI=1S/C40H26N2O/c1-4-12-27(13-5-1)28-20-22-29(23-21-28)32-24-25-37-39(33-18-10-11-19-36(33)43-37)38(32)35-26-34(30-14-6-2-7-15-30)41-40(42-35)31-16-8-3-9-17-31/h1-26H. The minimum absolute atomic E-state index is 0.687. The first-order valence-corrected chi connectivity index (χ1v) is 14.4. The van der Waals surface area contributed by atoms with Gasteiger partial charge in [0.15, 0.2) is 5.82 Å². The smallest absolute Gasteiger partial charge is 0.160 e. The van der Waals surface area contributed by atoms with Gasteiger partial charge in [-0.05, 0) is 46.5 Å². The van der Waals surface area contributed by atoms with Crippen LogP contribution < -0.4 is 0 Å². The topological polar surface area (TPSA) is 38.9 Å². The van der Waals surface area contributed by atoms with Crippen molar-refractivity contribution < 1.29 is 4.42 Å². The number of benzene rings is 6. The van der Waals surface area contributed by atoms with Crippen molar-refractivity contribution in [2.45, 2.75) is 0 Å². The predicted octanol–water partition coefficient (Wildman–Crippen LogP) is 10.7. The van der Waals surface area contributed by atoms with Gasteiger partial charge in [-0.2, -0.15) is 0 Å². The molecule has 0 atom stereocenters. The third kappa shape index (κ3) is 4.58. The molecule has 0 unspecified atom stereocenters. The zero-order valence-electron chi connectivity index (χ0n) is 23.3. The average molecular weight is 551 g/mol. The Kier molecular flexibility index (Phi) is 6.12. The molecule has 0 N–H and O–H groups in total. The van der Waals surface area contributed by atoms with Crippen LogP contribution in [0.4, 0.5) is 0 Å². The van der Waals surface area contributed by atoms with Crippen LogP contribution in [0.2, 0.25) is 0 Å². The molecule has 0 saturated heterocycles. The van der Waals surface area contributed by atoms with Crippen molar-refractivity contribution in [3.05, 3.63) is 158 Å². The molecule has 2 aromatic heterocycles. The Morgan fingerprint density at radius 3 is 1.67 bits per heavy atom. The molecule has 3 nitrogen and oxygen atoms in total. The van der Waals surface area contributed by atoms with E-state index in [1.54, 1.807) is 0 Å². The third-order valence-corrected chi connectivity index (χ3v) is 7.93. The number of rotatable bonds is 5. The maximum Gasteiger partial charge on any atom is 0.160 e. The fourth-order valence-corrected chi connectivity index (χ4v) is 5.84. The van der Waals surface area contributed by atoms with Crippen molar-refractivity contribution in [1.29, 1.82) is 0 Å². The van der Waals surface area contributed by atoms with E-state index in [2.05, 4.69) is 103 Å². The number of fused-ring (bicyclic) bond motifs is 3. The predicted molar refractivity (Wildman–Crippen MR) is 176 cm³/mol. The highest BCUT2D eigenvalue weighted by molar-refractivity contribution is 6.15. The van der Waals surface area contributed by atoms with Crippen molar-refractivity contribution in [3.63, 3.8) is 0 Å². The molecule has 0 aliphatic carbocycles. The van der Waals surface area contributed by atoms with E-state index < -0.39 is 0 Å². The maximum atomic E-state index is 6.37. The molecule has 0 bridgehead atoms. The highest BCUT2D eigenvalue weighted by Gasteiger charge is 2.20. The monoisotopic (exact) mass is 550 g/mol. The fourth-order valence-electron chi connectivity index (χ4n) is 5.84. The summed E-state index contributed by atoms with van der Waals surface area (Å²) in [5, 5.41) is 2.12. The van der Waals surface area contributed by atoms with Gasteiger partial charge >= 0.3 is 0 Å². The van der Waals surface area contributed by atoms with Crippen molar-refractivity contribution >= 4 is 21.9 Å². The first kappa shape index (κ1) is 25.0. The van der Waals surface area contributed by atoms with Crippen molar-refractivity contribution in [3.8, 4) is 56.2 Å². The Hall–Kier alpha value is -5.80. The van der Waals surface area contributed by atoms with Gasteiger partial charge in [-0.25, -0.2) is 9.97 Å². The summed E-state index contributed by atoms with van der Waals surface area (Å²) in [6.45, 7) is 0. The van der Waals surface area contributed by atoms with Gasteiger partial charge in [-0.1, -0.05) is 133 Å². The number of hydrogen-bond donors (Lipinski definition) is 0. The van der Waals surface area contributed by atoms with Crippen molar-refractivity contribution in [1.82, 2.24) is 9.97 Å². The molecule has 0 saturated carbocycles. The second-order valence-corrected chi connectivity index (χ2v) is 10.6. The third-order valence-electron chi connectivity index (χ3n) is 7.93. The fraction of sp³-hybridized carbons (Fsp3) is 0. The Balaban J connectivity index is 1.42. The molecule has 8 aromatic rings. The summed E-state index contributed by atoms with van der Waals surface area (Å²) in [6, 6.07) is 54.3. The summed E-state index contributed by atoms with van der Waals surface area (Å²) in [4.78, 5) is 10.3. The Bertz CT molecular complexity index is 2140. The number of hydrogen-bond acceptors (Lipinski definition) is 3. The minimum atomic E-state index is 0.687. The minimum Gasteiger partial charge on any atom is -0.456 e. The zero-order valence-corrected chi connectivity index (χ0v) is 23.3. The molecule has 3 heteroatoms. The molecule has 8 rings (SSSR count). The molecule has 0 radical (unpaired) electrons. The number of nitrogens with zero attached hydrogens (tertiary/aromatic N) is 2. The van der Waals surface area contributed by atoms with Crippen LogP contribution in [0.25, 0.3) is 78.1 Å². The van der Waals surface area contributed by atoms with Crippen LogP contribution in [0, 0.1) is 0 Å². The molecule has 0 aliphatic heterocycles. The second kappa shape index (κ2) is 10.6. The van der Waals surface area contributed by atoms with Crippen LogP contribution in [0.5, 0.6) is 0 Å². The molecule has 0 aliphatic rings. The summed E-state index contributed by atoms with van der Waals surface area (Å²) in [5.41, 5.74) is 11.1. The summed E-state index contributed by atoms with van der Waals surface area (Å²) in [7, 11) is 0. The van der Waals surface area contributed by atoms with E-state index in [1.165, 1.54) is 11.1 Å². The van der Waals surface area contributed by atoms with Gasteiger partial charge < -0.3 is 4.42 Å². The molecular weight excluding hydrogens is 524 g/mol. The molecule has 6 aromatic carbocycles. The maximum absolute atomic E-state index is 6.37. The lowest BCUT2D eigenvalue weighted by atomic mass is 9.91. The van der Waals surface area contributed by atoms with Crippen LogP contribution in [0.15, 0.2) is 162 Å². The van der Waals surface area contributed by atoms with Gasteiger partial charge in [0.25, 0.3) is 0 Å². The average Bonchev–Trinajstić information content (AvgIpc) is 3.48. The summed E-state index contributed by atoms with van der Waals surface area (Å²) in [5.74, 6) is 0.687. The van der Waals surface area contributed by atoms with Crippen LogP contribution in [-0.2, 0) is 0 Å². The molecular formula is C40H26N2O. The summed E-state index contributed by atoms with van der Waals surface area (Å²) < 4.78 is 6.37. The first-order valence-electron chi connectivity index (χ1n) is 14.4. The summed E-state index contributed by atoms with van der Waals surface area (Å²) in [6.07, 6.45) is 0. The van der Waals surface area contributed by atoms with Crippen LogP contribution in [-0.4, -0.2) is 9.97 Å². The SMILES string of the molecule is c1ccc(-c2ccc(-c3ccc4oc5ccccc5c4c3-c3cc(-c4ccccc4)nc(-c4ccccc4)n3)cc2)cc1. The lowest BCUT2D eigenvalue weighted by Gasteiger charge is -2.15. The van der Waals surface area contributed by atoms with Crippen molar-refractivity contribution in [2.24, 2.45) is 0 Å². The van der Waals surface area contributed by atoms with E-state index in [9.17, 15) is 0 Å². The van der Waals surface area contributed by atoms with Crippen molar-refractivity contribution in [2.75, 3.05) is 0 Å². The highest BCUT2D eigenvalue weighted by Crippen LogP contribution is 2.43. The van der Waals surface area contributed by atoms with Crippen LogP contribution in [0.1, 0.15) is 0 Å². The quantitative estimate of drug-likeness (QED) is 0.214. The molecule has 2 heterocycles. The number of para-hydroxylation sites is 1. The van der Waals surface area contributed by atoms with Crippen LogP contribution >= 0.6 is 0 Å². The zero-order chi connectivity index (χ0) is 28.6. The van der Waals surface area contributed by atoms with E-state index in [1.807, 2.05) is 54.6 Å². The lowest BCUT2D eigenvalue weighted by Crippen LogP contribution is -1.97. The van der Waals surface area contributed by atoms with E-state index in [0.717, 1.165) is 61.1 Å². The Morgan fingerprint density at radius 2 is 0.953 bits per heavy atom. The Labute approximate surface area is 249 Å². The van der Waals surface area contributed by atoms with Gasteiger partial charge in [0, 0.05) is 27.5 Å². The molecule has 43 heavy (non-hydrogen) atoms. The molecule has 202 valence electrons. The molecule has 0 amide bonds. The van der Waals surface area contributed by atoms with E-state index in [-0.39, 0.29) is 0 Å². The van der Waals surface area contributed by atoms with Crippen LogP contribution in [0.3, 0.4) is 0 Å². The highest BCUT2D eigenvalue weighted by atomic mass is 16.3.